The quantitative estimate of drug-likeness (QED) is 0.860. The first kappa shape index (κ1) is 12.0. The van der Waals surface area contributed by atoms with Crippen LogP contribution in [0.25, 0.3) is 0 Å². The lowest BCUT2D eigenvalue weighted by Crippen LogP contribution is -2.37. The molecule has 8 heteroatoms. The number of aromatic amines is 1. The van der Waals surface area contributed by atoms with E-state index in [1.165, 1.54) is 4.90 Å². The summed E-state index contributed by atoms with van der Waals surface area (Å²) in [6.07, 6.45) is -0.706. The van der Waals surface area contributed by atoms with Gasteiger partial charge in [0.1, 0.15) is 6.54 Å². The van der Waals surface area contributed by atoms with Crippen LogP contribution in [0.15, 0.2) is 0 Å². The molecule has 0 spiro atoms. The zero-order chi connectivity index (χ0) is 12.9. The molecule has 0 atom stereocenters. The minimum Gasteiger partial charge on any atom is -0.329 e. The van der Waals surface area contributed by atoms with Crippen LogP contribution in [0.5, 0.6) is 0 Å². The molecule has 2 fully saturated rings. The van der Waals surface area contributed by atoms with Crippen LogP contribution in [0.2, 0.25) is 0 Å². The third-order valence-electron chi connectivity index (χ3n) is 3.19. The van der Waals surface area contributed by atoms with E-state index in [1.54, 1.807) is 4.57 Å². The maximum Gasteiger partial charge on any atom is 0.406 e. The Morgan fingerprint density at radius 2 is 2.00 bits per heavy atom. The van der Waals surface area contributed by atoms with E-state index >= 15 is 0 Å². The van der Waals surface area contributed by atoms with Gasteiger partial charge >= 0.3 is 6.18 Å². The topological polar surface area (TPSA) is 36.9 Å². The number of alkyl halides is 3. The first-order valence-electron chi connectivity index (χ1n) is 5.96. The van der Waals surface area contributed by atoms with Gasteiger partial charge in [-0.25, -0.2) is 5.10 Å². The summed E-state index contributed by atoms with van der Waals surface area (Å²) in [6, 6.07) is 0.176. The Balaban J connectivity index is 1.92. The number of nitrogens with one attached hydrogen (secondary N) is 1. The van der Waals surface area contributed by atoms with E-state index < -0.39 is 12.7 Å². The summed E-state index contributed by atoms with van der Waals surface area (Å²) in [4.78, 5) is 1.34. The standard InChI is InChI=1S/C10H13F3N4S/c11-10(12,13)5-16(6-1-2-6)8-14-15-9(18)17(8)7-3-4-7/h6-7H,1-5H2,(H,15,18). The molecule has 0 aromatic carbocycles. The minimum absolute atomic E-state index is 0.0469. The third kappa shape index (κ3) is 2.38. The van der Waals surface area contributed by atoms with Gasteiger partial charge in [0.15, 0.2) is 4.77 Å². The zero-order valence-electron chi connectivity index (χ0n) is 9.57. The third-order valence-corrected chi connectivity index (χ3v) is 3.48. The summed E-state index contributed by atoms with van der Waals surface area (Å²) in [5, 5.41) is 6.61. The molecule has 2 aliphatic carbocycles. The Kier molecular flexibility index (Phi) is 2.65. The molecular weight excluding hydrogens is 265 g/mol. The number of halogens is 3. The summed E-state index contributed by atoms with van der Waals surface area (Å²) in [7, 11) is 0. The van der Waals surface area contributed by atoms with Crippen LogP contribution in [0.4, 0.5) is 19.1 Å². The van der Waals surface area contributed by atoms with Crippen molar-refractivity contribution in [3.63, 3.8) is 0 Å². The van der Waals surface area contributed by atoms with E-state index in [4.69, 9.17) is 12.2 Å². The molecule has 1 aromatic rings. The summed E-state index contributed by atoms with van der Waals surface area (Å²) in [5.41, 5.74) is 0. The van der Waals surface area contributed by atoms with Crippen LogP contribution < -0.4 is 4.90 Å². The van der Waals surface area contributed by atoms with Gasteiger partial charge < -0.3 is 4.90 Å². The fourth-order valence-corrected chi connectivity index (χ4v) is 2.38. The predicted molar refractivity (Wildman–Crippen MR) is 62.1 cm³/mol. The van der Waals surface area contributed by atoms with Crippen LogP contribution in [0, 0.1) is 4.77 Å². The van der Waals surface area contributed by atoms with E-state index in [-0.39, 0.29) is 12.1 Å². The Labute approximate surface area is 107 Å². The molecule has 1 N–H and O–H groups in total. The van der Waals surface area contributed by atoms with Crippen LogP contribution in [-0.4, -0.2) is 33.5 Å². The molecule has 0 amide bonds. The molecule has 4 nitrogen and oxygen atoms in total. The van der Waals surface area contributed by atoms with Gasteiger partial charge in [0.2, 0.25) is 5.95 Å². The first-order chi connectivity index (χ1) is 8.46. The molecule has 0 bridgehead atoms. The molecule has 3 rings (SSSR count). The number of H-pyrrole nitrogens is 1. The highest BCUT2D eigenvalue weighted by atomic mass is 32.1. The minimum atomic E-state index is -4.22. The second kappa shape index (κ2) is 3.97. The van der Waals surface area contributed by atoms with Crippen LogP contribution in [0.1, 0.15) is 31.7 Å². The van der Waals surface area contributed by atoms with Crippen molar-refractivity contribution in [1.82, 2.24) is 14.8 Å². The van der Waals surface area contributed by atoms with Crippen molar-refractivity contribution in [1.29, 1.82) is 0 Å². The lowest BCUT2D eigenvalue weighted by atomic mass is 10.4. The zero-order valence-corrected chi connectivity index (χ0v) is 10.4. The fourth-order valence-electron chi connectivity index (χ4n) is 2.10. The lowest BCUT2D eigenvalue weighted by Gasteiger charge is -2.24. The molecule has 0 unspecified atom stereocenters. The lowest BCUT2D eigenvalue weighted by molar-refractivity contribution is -0.120. The van der Waals surface area contributed by atoms with Crippen molar-refractivity contribution in [2.75, 3.05) is 11.4 Å². The molecule has 100 valence electrons. The van der Waals surface area contributed by atoms with Crippen molar-refractivity contribution < 1.29 is 13.2 Å². The Hall–Kier alpha value is -1.05. The van der Waals surface area contributed by atoms with E-state index in [0.29, 0.717) is 10.7 Å². The summed E-state index contributed by atoms with van der Waals surface area (Å²) >= 11 is 5.09. The van der Waals surface area contributed by atoms with Gasteiger partial charge in [-0.2, -0.15) is 13.2 Å². The Bertz CT molecular complexity index is 498. The van der Waals surface area contributed by atoms with Gasteiger partial charge in [0.05, 0.1) is 0 Å². The highest BCUT2D eigenvalue weighted by Crippen LogP contribution is 2.40. The number of hydrogen-bond donors (Lipinski definition) is 1. The molecule has 1 aromatic heterocycles. The van der Waals surface area contributed by atoms with E-state index in [1.807, 2.05) is 0 Å². The van der Waals surface area contributed by atoms with Crippen molar-refractivity contribution in [3.8, 4) is 0 Å². The van der Waals surface area contributed by atoms with Crippen LogP contribution in [0.3, 0.4) is 0 Å². The summed E-state index contributed by atoms with van der Waals surface area (Å²) in [5.74, 6) is 0.349. The number of rotatable bonds is 4. The van der Waals surface area contributed by atoms with Crippen molar-refractivity contribution in [2.24, 2.45) is 0 Å². The Morgan fingerprint density at radius 3 is 2.50 bits per heavy atom. The van der Waals surface area contributed by atoms with Gasteiger partial charge in [-0.3, -0.25) is 4.57 Å². The van der Waals surface area contributed by atoms with Gasteiger partial charge in [-0.15, -0.1) is 5.10 Å². The summed E-state index contributed by atoms with van der Waals surface area (Å²) in [6.45, 7) is -0.954. The van der Waals surface area contributed by atoms with E-state index in [9.17, 15) is 13.2 Å². The molecule has 18 heavy (non-hydrogen) atoms. The Morgan fingerprint density at radius 1 is 1.33 bits per heavy atom. The molecule has 0 radical (unpaired) electrons. The highest BCUT2D eigenvalue weighted by molar-refractivity contribution is 7.71. The average Bonchev–Trinajstić information content (AvgIpc) is 3.13. The van der Waals surface area contributed by atoms with Crippen molar-refractivity contribution >= 4 is 18.2 Å². The van der Waals surface area contributed by atoms with Crippen LogP contribution >= 0.6 is 12.2 Å². The maximum atomic E-state index is 12.6. The van der Waals surface area contributed by atoms with E-state index in [0.717, 1.165) is 25.7 Å². The van der Waals surface area contributed by atoms with Gasteiger partial charge in [-0.1, -0.05) is 0 Å². The molecule has 1 heterocycles. The number of anilines is 1. The largest absolute Gasteiger partial charge is 0.406 e. The predicted octanol–water partition coefficient (Wildman–Crippen LogP) is 2.81. The highest BCUT2D eigenvalue weighted by Gasteiger charge is 2.41. The smallest absolute Gasteiger partial charge is 0.329 e. The second-order valence-corrected chi connectivity index (χ2v) is 5.29. The second-order valence-electron chi connectivity index (χ2n) is 4.90. The van der Waals surface area contributed by atoms with E-state index in [2.05, 4.69) is 10.2 Å². The summed E-state index contributed by atoms with van der Waals surface area (Å²) < 4.78 is 40.0. The van der Waals surface area contributed by atoms with Crippen molar-refractivity contribution in [3.05, 3.63) is 4.77 Å². The fraction of sp³-hybridized carbons (Fsp3) is 0.800. The van der Waals surface area contributed by atoms with Crippen LogP contribution in [-0.2, 0) is 0 Å². The van der Waals surface area contributed by atoms with Gasteiger partial charge in [0.25, 0.3) is 0 Å². The molecule has 2 aliphatic rings. The first-order valence-corrected chi connectivity index (χ1v) is 6.37. The molecule has 2 saturated carbocycles. The normalized spacial score (nSPS) is 20.2. The monoisotopic (exact) mass is 278 g/mol. The van der Waals surface area contributed by atoms with Gasteiger partial charge in [0, 0.05) is 12.1 Å². The SMILES string of the molecule is FC(F)(F)CN(c1n[nH]c(=S)n1C1CC1)C1CC1. The van der Waals surface area contributed by atoms with Gasteiger partial charge in [-0.05, 0) is 37.9 Å². The van der Waals surface area contributed by atoms with Crippen molar-refractivity contribution in [2.45, 2.75) is 43.9 Å². The molecule has 0 saturated heterocycles. The molecular formula is C10H13F3N4S. The number of aromatic nitrogens is 3. The maximum absolute atomic E-state index is 12.6. The number of nitrogens with zero attached hydrogens (tertiary/aromatic N) is 3. The molecule has 0 aliphatic heterocycles. The number of hydrogen-bond acceptors (Lipinski definition) is 3. The average molecular weight is 278 g/mol.